The molecule has 0 unspecified atom stereocenters. The first kappa shape index (κ1) is 14.0. The van der Waals surface area contributed by atoms with E-state index in [4.69, 9.17) is 0 Å². The van der Waals surface area contributed by atoms with Gasteiger partial charge in [-0.25, -0.2) is 0 Å². The van der Waals surface area contributed by atoms with Crippen molar-refractivity contribution in [2.45, 2.75) is 13.0 Å². The molecule has 1 saturated heterocycles. The van der Waals surface area contributed by atoms with Gasteiger partial charge in [0.25, 0.3) is 5.91 Å². The summed E-state index contributed by atoms with van der Waals surface area (Å²) in [5, 5.41) is 5.21. The van der Waals surface area contributed by atoms with Crippen LogP contribution in [0.1, 0.15) is 16.6 Å². The Morgan fingerprint density at radius 2 is 2.44 bits per heavy atom. The van der Waals surface area contributed by atoms with E-state index < -0.39 is 0 Å². The summed E-state index contributed by atoms with van der Waals surface area (Å²) in [6.45, 7) is 4.64. The minimum atomic E-state index is 0. The molecule has 2 heterocycles. The molecule has 0 spiro atoms. The standard InChI is InChI=1S/C10H13BrN2OS.ClH/c1-7-6-12-3-4-13(7)10(14)9-8(11)2-5-15-9;/h2,5,7,12H,3-4,6H2,1H3;1H/t7-;/m1./s1. The van der Waals surface area contributed by atoms with Gasteiger partial charge in [-0.2, -0.15) is 0 Å². The molecule has 1 fully saturated rings. The highest BCUT2D eigenvalue weighted by atomic mass is 79.9. The van der Waals surface area contributed by atoms with Gasteiger partial charge in [0.1, 0.15) is 4.88 Å². The molecule has 1 aliphatic rings. The number of amides is 1. The quantitative estimate of drug-likeness (QED) is 0.860. The zero-order valence-corrected chi connectivity index (χ0v) is 12.1. The molecule has 3 nitrogen and oxygen atoms in total. The third kappa shape index (κ3) is 2.77. The van der Waals surface area contributed by atoms with Gasteiger partial charge in [0, 0.05) is 30.1 Å². The van der Waals surface area contributed by atoms with Crippen molar-refractivity contribution in [3.8, 4) is 0 Å². The second-order valence-electron chi connectivity index (χ2n) is 3.65. The van der Waals surface area contributed by atoms with Gasteiger partial charge in [-0.1, -0.05) is 0 Å². The van der Waals surface area contributed by atoms with Gasteiger partial charge in [-0.05, 0) is 34.3 Å². The Kier molecular flexibility index (Phi) is 5.24. The maximum absolute atomic E-state index is 12.2. The van der Waals surface area contributed by atoms with Crippen molar-refractivity contribution in [1.82, 2.24) is 10.2 Å². The van der Waals surface area contributed by atoms with Crippen molar-refractivity contribution in [2.24, 2.45) is 0 Å². The van der Waals surface area contributed by atoms with Crippen LogP contribution in [0.4, 0.5) is 0 Å². The summed E-state index contributed by atoms with van der Waals surface area (Å²) in [7, 11) is 0. The van der Waals surface area contributed by atoms with Crippen molar-refractivity contribution in [2.75, 3.05) is 19.6 Å². The number of hydrogen-bond donors (Lipinski definition) is 1. The monoisotopic (exact) mass is 324 g/mol. The molecule has 1 aromatic rings. The third-order valence-electron chi connectivity index (χ3n) is 2.57. The zero-order chi connectivity index (χ0) is 10.8. The number of rotatable bonds is 1. The fourth-order valence-electron chi connectivity index (χ4n) is 1.72. The van der Waals surface area contributed by atoms with E-state index in [-0.39, 0.29) is 24.4 Å². The highest BCUT2D eigenvalue weighted by Gasteiger charge is 2.25. The molecule has 0 bridgehead atoms. The number of thiophene rings is 1. The molecule has 1 atom stereocenters. The Morgan fingerprint density at radius 1 is 1.69 bits per heavy atom. The van der Waals surface area contributed by atoms with Crippen LogP contribution in [0, 0.1) is 0 Å². The molecule has 1 N–H and O–H groups in total. The lowest BCUT2D eigenvalue weighted by Gasteiger charge is -2.33. The zero-order valence-electron chi connectivity index (χ0n) is 8.90. The Labute approximate surface area is 114 Å². The Hall–Kier alpha value is -0.100. The molecule has 16 heavy (non-hydrogen) atoms. The minimum Gasteiger partial charge on any atom is -0.333 e. The van der Waals surface area contributed by atoms with Gasteiger partial charge in [0.2, 0.25) is 0 Å². The van der Waals surface area contributed by atoms with Crippen molar-refractivity contribution in [3.05, 3.63) is 20.8 Å². The lowest BCUT2D eigenvalue weighted by atomic mass is 10.2. The van der Waals surface area contributed by atoms with Gasteiger partial charge in [0.15, 0.2) is 0 Å². The second kappa shape index (κ2) is 6.00. The first-order chi connectivity index (χ1) is 7.20. The lowest BCUT2D eigenvalue weighted by Crippen LogP contribution is -2.52. The number of piperazine rings is 1. The highest BCUT2D eigenvalue weighted by molar-refractivity contribution is 9.10. The van der Waals surface area contributed by atoms with Crippen LogP contribution in [0.3, 0.4) is 0 Å². The summed E-state index contributed by atoms with van der Waals surface area (Å²) in [6.07, 6.45) is 0. The summed E-state index contributed by atoms with van der Waals surface area (Å²) in [5.41, 5.74) is 0. The molecule has 6 heteroatoms. The minimum absolute atomic E-state index is 0. The molecule has 90 valence electrons. The summed E-state index contributed by atoms with van der Waals surface area (Å²) >= 11 is 4.90. The summed E-state index contributed by atoms with van der Waals surface area (Å²) in [5.74, 6) is 0.144. The number of nitrogens with zero attached hydrogens (tertiary/aromatic N) is 1. The number of halogens is 2. The van der Waals surface area contributed by atoms with E-state index in [1.807, 2.05) is 16.3 Å². The third-order valence-corrected chi connectivity index (χ3v) is 4.40. The van der Waals surface area contributed by atoms with Gasteiger partial charge in [0.05, 0.1) is 0 Å². The number of hydrogen-bond acceptors (Lipinski definition) is 3. The summed E-state index contributed by atoms with van der Waals surface area (Å²) in [4.78, 5) is 14.9. The average Bonchev–Trinajstić information content (AvgIpc) is 2.64. The molecule has 1 aliphatic heterocycles. The van der Waals surface area contributed by atoms with Crippen molar-refractivity contribution >= 4 is 45.6 Å². The largest absolute Gasteiger partial charge is 0.333 e. The maximum Gasteiger partial charge on any atom is 0.265 e. The van der Waals surface area contributed by atoms with Crippen LogP contribution in [-0.4, -0.2) is 36.5 Å². The fourth-order valence-corrected chi connectivity index (χ4v) is 3.22. The molecule has 1 aromatic heterocycles. The first-order valence-corrected chi connectivity index (χ1v) is 6.62. The molecule has 0 aliphatic carbocycles. The molecule has 0 saturated carbocycles. The Balaban J connectivity index is 0.00000128. The van der Waals surface area contributed by atoms with Gasteiger partial charge < -0.3 is 10.2 Å². The molecular formula is C10H14BrClN2OS. The van der Waals surface area contributed by atoms with E-state index >= 15 is 0 Å². The van der Waals surface area contributed by atoms with E-state index in [0.717, 1.165) is 29.0 Å². The second-order valence-corrected chi connectivity index (χ2v) is 5.42. The molecule has 1 amide bonds. The van der Waals surface area contributed by atoms with Crippen LogP contribution in [0.5, 0.6) is 0 Å². The van der Waals surface area contributed by atoms with Crippen LogP contribution in [0.2, 0.25) is 0 Å². The van der Waals surface area contributed by atoms with Crippen LogP contribution in [0.25, 0.3) is 0 Å². The number of carbonyl (C=O) groups is 1. The Morgan fingerprint density at radius 3 is 3.00 bits per heavy atom. The van der Waals surface area contributed by atoms with Gasteiger partial charge >= 0.3 is 0 Å². The van der Waals surface area contributed by atoms with E-state index in [9.17, 15) is 4.79 Å². The normalized spacial score (nSPS) is 20.4. The lowest BCUT2D eigenvalue weighted by molar-refractivity contribution is 0.0660. The fraction of sp³-hybridized carbons (Fsp3) is 0.500. The molecule has 2 rings (SSSR count). The van der Waals surface area contributed by atoms with Gasteiger partial charge in [-0.15, -0.1) is 23.7 Å². The molecular weight excluding hydrogens is 312 g/mol. The van der Waals surface area contributed by atoms with E-state index in [1.165, 1.54) is 11.3 Å². The average molecular weight is 326 g/mol. The van der Waals surface area contributed by atoms with Crippen molar-refractivity contribution in [1.29, 1.82) is 0 Å². The highest BCUT2D eigenvalue weighted by Crippen LogP contribution is 2.25. The molecule has 0 aromatic carbocycles. The first-order valence-electron chi connectivity index (χ1n) is 4.95. The Bertz CT molecular complexity index is 371. The topological polar surface area (TPSA) is 32.3 Å². The van der Waals surface area contributed by atoms with Gasteiger partial charge in [-0.3, -0.25) is 4.79 Å². The predicted molar refractivity (Wildman–Crippen MR) is 72.6 cm³/mol. The van der Waals surface area contributed by atoms with Crippen LogP contribution < -0.4 is 5.32 Å². The summed E-state index contributed by atoms with van der Waals surface area (Å²) in [6, 6.07) is 2.20. The molecule has 0 radical (unpaired) electrons. The predicted octanol–water partition coefficient (Wildman–Crippen LogP) is 2.37. The van der Waals surface area contributed by atoms with E-state index in [1.54, 1.807) is 0 Å². The van der Waals surface area contributed by atoms with E-state index in [2.05, 4.69) is 28.2 Å². The summed E-state index contributed by atoms with van der Waals surface area (Å²) < 4.78 is 0.906. The van der Waals surface area contributed by atoms with Crippen molar-refractivity contribution in [3.63, 3.8) is 0 Å². The number of nitrogens with one attached hydrogen (secondary N) is 1. The van der Waals surface area contributed by atoms with E-state index in [0.29, 0.717) is 0 Å². The smallest absolute Gasteiger partial charge is 0.265 e. The SMILES string of the molecule is C[C@@H]1CNCCN1C(=O)c1sccc1Br.Cl. The van der Waals surface area contributed by atoms with Crippen LogP contribution >= 0.6 is 39.7 Å². The van der Waals surface area contributed by atoms with Crippen LogP contribution in [-0.2, 0) is 0 Å². The maximum atomic E-state index is 12.2. The number of carbonyl (C=O) groups excluding carboxylic acids is 1. The van der Waals surface area contributed by atoms with Crippen LogP contribution in [0.15, 0.2) is 15.9 Å². The van der Waals surface area contributed by atoms with Crippen molar-refractivity contribution < 1.29 is 4.79 Å².